The molecular formula is C19H20O8. The van der Waals surface area contributed by atoms with E-state index in [-0.39, 0.29) is 45.0 Å². The summed E-state index contributed by atoms with van der Waals surface area (Å²) in [5.74, 6) is 1.60. The molecule has 0 saturated carbocycles. The summed E-state index contributed by atoms with van der Waals surface area (Å²) in [7, 11) is 8.74. The summed E-state index contributed by atoms with van der Waals surface area (Å²) in [6, 6.07) is 3.24. The Labute approximate surface area is 155 Å². The van der Waals surface area contributed by atoms with Crippen LogP contribution in [0.2, 0.25) is 0 Å². The number of benzene rings is 2. The van der Waals surface area contributed by atoms with Crippen LogP contribution < -0.4 is 33.8 Å². The van der Waals surface area contributed by atoms with Crippen LogP contribution in [-0.2, 0) is 0 Å². The van der Waals surface area contributed by atoms with Crippen molar-refractivity contribution < 1.29 is 32.8 Å². The highest BCUT2D eigenvalue weighted by molar-refractivity contribution is 6.01. The van der Waals surface area contributed by atoms with Gasteiger partial charge in [-0.3, -0.25) is 4.79 Å². The lowest BCUT2D eigenvalue weighted by molar-refractivity contribution is 0.307. The van der Waals surface area contributed by atoms with Crippen molar-refractivity contribution >= 4 is 21.9 Å². The van der Waals surface area contributed by atoms with Crippen molar-refractivity contribution in [1.82, 2.24) is 0 Å². The average Bonchev–Trinajstić information content (AvgIpc) is 2.70. The van der Waals surface area contributed by atoms with Crippen LogP contribution in [0.3, 0.4) is 0 Å². The van der Waals surface area contributed by atoms with Crippen molar-refractivity contribution in [3.05, 3.63) is 22.4 Å². The maximum absolute atomic E-state index is 13.3. The lowest BCUT2D eigenvalue weighted by atomic mass is 10.1. The lowest BCUT2D eigenvalue weighted by Gasteiger charge is -2.18. The molecule has 0 aliphatic rings. The third kappa shape index (κ3) is 2.56. The first-order valence-corrected chi connectivity index (χ1v) is 7.95. The maximum Gasteiger partial charge on any atom is 0.211 e. The Balaban J connectivity index is 2.65. The van der Waals surface area contributed by atoms with Crippen molar-refractivity contribution in [2.75, 3.05) is 42.7 Å². The molecule has 0 atom stereocenters. The van der Waals surface area contributed by atoms with Gasteiger partial charge in [-0.05, 0) is 12.1 Å². The molecule has 27 heavy (non-hydrogen) atoms. The van der Waals surface area contributed by atoms with E-state index in [0.29, 0.717) is 16.9 Å². The molecule has 0 amide bonds. The first-order chi connectivity index (χ1) is 13.1. The Morgan fingerprint density at radius 1 is 0.630 bits per heavy atom. The molecule has 0 saturated heterocycles. The number of methoxy groups -OCH3 is 6. The van der Waals surface area contributed by atoms with Crippen molar-refractivity contribution in [3.63, 3.8) is 0 Å². The van der Waals surface area contributed by atoms with Gasteiger partial charge in [-0.15, -0.1) is 0 Å². The van der Waals surface area contributed by atoms with E-state index in [4.69, 9.17) is 32.8 Å². The highest BCUT2D eigenvalue weighted by atomic mass is 16.5. The fourth-order valence-corrected chi connectivity index (χ4v) is 3.11. The molecule has 0 aliphatic heterocycles. The van der Waals surface area contributed by atoms with Gasteiger partial charge in [0, 0.05) is 0 Å². The lowest BCUT2D eigenvalue weighted by Crippen LogP contribution is -2.08. The Kier molecular flexibility index (Phi) is 4.89. The van der Waals surface area contributed by atoms with E-state index in [2.05, 4.69) is 0 Å². The number of ether oxygens (including phenoxy) is 6. The molecule has 0 aliphatic carbocycles. The van der Waals surface area contributed by atoms with E-state index in [0.717, 1.165) is 0 Å². The summed E-state index contributed by atoms with van der Waals surface area (Å²) < 4.78 is 38.5. The van der Waals surface area contributed by atoms with E-state index in [1.54, 1.807) is 12.1 Å². The van der Waals surface area contributed by atoms with Crippen LogP contribution in [0.5, 0.6) is 34.5 Å². The molecule has 0 bridgehead atoms. The van der Waals surface area contributed by atoms with Gasteiger partial charge < -0.3 is 32.8 Å². The largest absolute Gasteiger partial charge is 0.493 e. The van der Waals surface area contributed by atoms with Gasteiger partial charge in [0.15, 0.2) is 22.7 Å². The second kappa shape index (κ2) is 7.14. The molecule has 8 heteroatoms. The maximum atomic E-state index is 13.3. The third-order valence-electron chi connectivity index (χ3n) is 4.27. The van der Waals surface area contributed by atoms with Crippen LogP contribution in [-0.4, -0.2) is 42.7 Å². The van der Waals surface area contributed by atoms with Crippen LogP contribution >= 0.6 is 0 Å². The highest BCUT2D eigenvalue weighted by Gasteiger charge is 2.28. The smallest absolute Gasteiger partial charge is 0.211 e. The molecule has 3 aromatic rings. The monoisotopic (exact) mass is 376 g/mol. The Morgan fingerprint density at radius 3 is 1.70 bits per heavy atom. The second-order valence-electron chi connectivity index (χ2n) is 5.45. The Bertz CT molecular complexity index is 1070. The Morgan fingerprint density at radius 2 is 1.19 bits per heavy atom. The molecule has 0 radical (unpaired) electrons. The zero-order valence-electron chi connectivity index (χ0n) is 15.9. The van der Waals surface area contributed by atoms with Gasteiger partial charge in [0.25, 0.3) is 0 Å². The van der Waals surface area contributed by atoms with Gasteiger partial charge >= 0.3 is 0 Å². The minimum absolute atomic E-state index is 0.149. The van der Waals surface area contributed by atoms with Crippen LogP contribution in [0.25, 0.3) is 21.9 Å². The summed E-state index contributed by atoms with van der Waals surface area (Å²) >= 11 is 0. The van der Waals surface area contributed by atoms with E-state index in [1.807, 2.05) is 0 Å². The van der Waals surface area contributed by atoms with Crippen LogP contribution in [0.4, 0.5) is 0 Å². The molecule has 1 heterocycles. The first-order valence-electron chi connectivity index (χ1n) is 7.95. The predicted molar refractivity (Wildman–Crippen MR) is 99.3 cm³/mol. The zero-order chi connectivity index (χ0) is 19.7. The van der Waals surface area contributed by atoms with Crippen LogP contribution in [0, 0.1) is 0 Å². The fourth-order valence-electron chi connectivity index (χ4n) is 3.11. The van der Waals surface area contributed by atoms with Gasteiger partial charge in [0.05, 0.1) is 48.0 Å². The van der Waals surface area contributed by atoms with Crippen LogP contribution in [0.15, 0.2) is 21.3 Å². The van der Waals surface area contributed by atoms with E-state index in [9.17, 15) is 4.79 Å². The second-order valence-corrected chi connectivity index (χ2v) is 5.45. The van der Waals surface area contributed by atoms with Gasteiger partial charge in [-0.25, -0.2) is 0 Å². The van der Waals surface area contributed by atoms with Gasteiger partial charge in [0.2, 0.25) is 28.4 Å². The molecule has 0 N–H and O–H groups in total. The standard InChI is InChI=1S/C19H20O8/c1-21-10-8-7-9-12(20)11-15(23-3)17(24-4)19(26-6)18(25-5)16(11)27-13(9)14(10)22-2/h7-8H,1-6H3. The number of hydrogen-bond acceptors (Lipinski definition) is 8. The van der Waals surface area contributed by atoms with E-state index in [1.165, 1.54) is 42.7 Å². The summed E-state index contributed by atoms with van der Waals surface area (Å²) in [6.07, 6.45) is 0. The molecule has 0 spiro atoms. The van der Waals surface area contributed by atoms with Crippen molar-refractivity contribution in [3.8, 4) is 34.5 Å². The third-order valence-corrected chi connectivity index (χ3v) is 4.27. The minimum Gasteiger partial charge on any atom is -0.493 e. The quantitative estimate of drug-likeness (QED) is 0.607. The normalized spacial score (nSPS) is 10.7. The summed E-state index contributed by atoms with van der Waals surface area (Å²) in [5, 5.41) is 0.472. The molecule has 2 aromatic carbocycles. The highest BCUT2D eigenvalue weighted by Crippen LogP contribution is 2.51. The average molecular weight is 376 g/mol. The van der Waals surface area contributed by atoms with Crippen molar-refractivity contribution in [1.29, 1.82) is 0 Å². The van der Waals surface area contributed by atoms with Gasteiger partial charge in [-0.2, -0.15) is 0 Å². The molecule has 144 valence electrons. The van der Waals surface area contributed by atoms with Gasteiger partial charge in [0.1, 0.15) is 5.39 Å². The molecular weight excluding hydrogens is 356 g/mol. The predicted octanol–water partition coefficient (Wildman–Crippen LogP) is 3.00. The van der Waals surface area contributed by atoms with Gasteiger partial charge in [-0.1, -0.05) is 0 Å². The number of rotatable bonds is 6. The molecule has 0 fully saturated rings. The summed E-state index contributed by atoms with van der Waals surface area (Å²) in [6.45, 7) is 0. The fraction of sp³-hybridized carbons (Fsp3) is 0.316. The van der Waals surface area contributed by atoms with E-state index < -0.39 is 0 Å². The van der Waals surface area contributed by atoms with Crippen molar-refractivity contribution in [2.24, 2.45) is 0 Å². The molecule has 3 rings (SSSR count). The number of hydrogen-bond donors (Lipinski definition) is 0. The topological polar surface area (TPSA) is 85.6 Å². The first kappa shape index (κ1) is 18.5. The Hall–Kier alpha value is -3.29. The number of fused-ring (bicyclic) bond motifs is 2. The van der Waals surface area contributed by atoms with Crippen LogP contribution in [0.1, 0.15) is 0 Å². The van der Waals surface area contributed by atoms with Crippen molar-refractivity contribution in [2.45, 2.75) is 0 Å². The van der Waals surface area contributed by atoms with E-state index >= 15 is 0 Å². The zero-order valence-corrected chi connectivity index (χ0v) is 15.9. The molecule has 8 nitrogen and oxygen atoms in total. The molecule has 0 unspecified atom stereocenters. The molecule has 1 aromatic heterocycles. The summed E-state index contributed by atoms with van der Waals surface area (Å²) in [4.78, 5) is 13.3. The minimum atomic E-state index is -0.330. The SMILES string of the molecule is COc1ccc2c(=O)c3c(OC)c(OC)c(OC)c(OC)c3oc2c1OC. The summed E-state index contributed by atoms with van der Waals surface area (Å²) in [5.41, 5.74) is 0.0429.